The average molecular weight is 441 g/mol. The fraction of sp³-hybridized carbons (Fsp3) is 0.600. The van der Waals surface area contributed by atoms with E-state index in [1.54, 1.807) is 25.3 Å². The standard InChI is InChI=1S/C20H32N4O5S/c1-5-24(6-2)30(26,27)16-7-8-18-17(15-16)22-19(23(18)3)9-10-20(25)21-11-12-29-14-13-28-4/h7-8,15H,5-6,9-14H2,1-4H3,(H,21,25). The van der Waals surface area contributed by atoms with Gasteiger partial charge in [-0.15, -0.1) is 0 Å². The fourth-order valence-corrected chi connectivity index (χ4v) is 4.63. The van der Waals surface area contributed by atoms with Crippen LogP contribution in [-0.4, -0.2) is 74.7 Å². The third-order valence-electron chi connectivity index (χ3n) is 4.86. The lowest BCUT2D eigenvalue weighted by molar-refractivity contribution is -0.121. The first-order valence-corrected chi connectivity index (χ1v) is 11.6. The Kier molecular flexibility index (Phi) is 9.22. The van der Waals surface area contributed by atoms with Gasteiger partial charge in [-0.3, -0.25) is 4.79 Å². The van der Waals surface area contributed by atoms with E-state index in [1.165, 1.54) is 4.31 Å². The number of carbonyl (C=O) groups excluding carboxylic acids is 1. The van der Waals surface area contributed by atoms with Crippen LogP contribution in [0.2, 0.25) is 0 Å². The molecule has 0 radical (unpaired) electrons. The van der Waals surface area contributed by atoms with Crippen LogP contribution < -0.4 is 5.32 Å². The fourth-order valence-electron chi connectivity index (χ4n) is 3.15. The maximum atomic E-state index is 12.7. The molecule has 1 amide bonds. The summed E-state index contributed by atoms with van der Waals surface area (Å²) in [5.74, 6) is 0.649. The number of sulfonamides is 1. The molecule has 9 nitrogen and oxygen atoms in total. The summed E-state index contributed by atoms with van der Waals surface area (Å²) in [5.41, 5.74) is 1.43. The molecule has 1 N–H and O–H groups in total. The van der Waals surface area contributed by atoms with Gasteiger partial charge in [0.05, 0.1) is 35.7 Å². The highest BCUT2D eigenvalue weighted by atomic mass is 32.2. The van der Waals surface area contributed by atoms with Crippen LogP contribution in [0.3, 0.4) is 0 Å². The van der Waals surface area contributed by atoms with E-state index in [-0.39, 0.29) is 10.8 Å². The molecule has 0 saturated carbocycles. The largest absolute Gasteiger partial charge is 0.382 e. The molecule has 10 heteroatoms. The molecule has 168 valence electrons. The van der Waals surface area contributed by atoms with Crippen molar-refractivity contribution in [2.75, 3.05) is 46.6 Å². The van der Waals surface area contributed by atoms with E-state index in [0.717, 1.165) is 11.3 Å². The van der Waals surface area contributed by atoms with E-state index in [1.807, 2.05) is 25.5 Å². The zero-order chi connectivity index (χ0) is 22.1. The topological polar surface area (TPSA) is 103 Å². The lowest BCUT2D eigenvalue weighted by Gasteiger charge is -2.18. The Hall–Kier alpha value is -2.01. The van der Waals surface area contributed by atoms with Crippen LogP contribution in [0.15, 0.2) is 23.1 Å². The summed E-state index contributed by atoms with van der Waals surface area (Å²) in [6, 6.07) is 4.97. The summed E-state index contributed by atoms with van der Waals surface area (Å²) in [7, 11) is -0.0666. The molecule has 2 aromatic rings. The molecule has 30 heavy (non-hydrogen) atoms. The Bertz CT molecular complexity index is 938. The zero-order valence-corrected chi connectivity index (χ0v) is 19.0. The first-order valence-electron chi connectivity index (χ1n) is 10.1. The van der Waals surface area contributed by atoms with Crippen molar-refractivity contribution in [2.45, 2.75) is 31.6 Å². The molecule has 0 atom stereocenters. The second-order valence-corrected chi connectivity index (χ2v) is 8.72. The molecule has 1 aromatic heterocycles. The van der Waals surface area contributed by atoms with Gasteiger partial charge in [-0.05, 0) is 18.2 Å². The molecule has 0 bridgehead atoms. The van der Waals surface area contributed by atoms with Gasteiger partial charge in [-0.1, -0.05) is 13.8 Å². The Morgan fingerprint density at radius 1 is 1.20 bits per heavy atom. The third kappa shape index (κ3) is 6.00. The van der Waals surface area contributed by atoms with Crippen LogP contribution in [0.4, 0.5) is 0 Å². The Labute approximate surface area is 178 Å². The van der Waals surface area contributed by atoms with Crippen molar-refractivity contribution in [1.29, 1.82) is 0 Å². The predicted molar refractivity (Wildman–Crippen MR) is 115 cm³/mol. The molecule has 0 aliphatic carbocycles. The van der Waals surface area contributed by atoms with E-state index in [9.17, 15) is 13.2 Å². The van der Waals surface area contributed by atoms with Gasteiger partial charge in [0.15, 0.2) is 0 Å². The molecular weight excluding hydrogens is 408 g/mol. The summed E-state index contributed by atoms with van der Waals surface area (Å²) in [5, 5.41) is 2.81. The van der Waals surface area contributed by atoms with Gasteiger partial charge in [0, 0.05) is 46.6 Å². The number of aryl methyl sites for hydroxylation is 2. The first-order chi connectivity index (χ1) is 14.3. The van der Waals surface area contributed by atoms with Crippen LogP contribution in [0, 0.1) is 0 Å². The molecule has 0 spiro atoms. The van der Waals surface area contributed by atoms with Crippen molar-refractivity contribution in [3.8, 4) is 0 Å². The maximum Gasteiger partial charge on any atom is 0.243 e. The number of benzene rings is 1. The number of hydrogen-bond acceptors (Lipinski definition) is 6. The molecule has 0 saturated heterocycles. The molecule has 1 aromatic carbocycles. The number of imidazole rings is 1. The minimum atomic E-state index is -3.54. The number of ether oxygens (including phenoxy) is 2. The van der Waals surface area contributed by atoms with Crippen molar-refractivity contribution in [2.24, 2.45) is 7.05 Å². The summed E-state index contributed by atoms with van der Waals surface area (Å²) < 4.78 is 39.0. The lowest BCUT2D eigenvalue weighted by atomic mass is 10.3. The van der Waals surface area contributed by atoms with Crippen molar-refractivity contribution in [3.63, 3.8) is 0 Å². The minimum absolute atomic E-state index is 0.0813. The van der Waals surface area contributed by atoms with Gasteiger partial charge in [0.25, 0.3) is 0 Å². The van der Waals surface area contributed by atoms with Crippen molar-refractivity contribution in [3.05, 3.63) is 24.0 Å². The Balaban J connectivity index is 2.01. The number of amides is 1. The van der Waals surface area contributed by atoms with Crippen LogP contribution in [0.1, 0.15) is 26.1 Å². The normalized spacial score (nSPS) is 12.0. The number of nitrogens with one attached hydrogen (secondary N) is 1. The van der Waals surface area contributed by atoms with Crippen molar-refractivity contribution < 1.29 is 22.7 Å². The number of rotatable bonds is 13. The zero-order valence-electron chi connectivity index (χ0n) is 18.2. The van der Waals surface area contributed by atoms with E-state index in [2.05, 4.69) is 10.3 Å². The van der Waals surface area contributed by atoms with E-state index >= 15 is 0 Å². The van der Waals surface area contributed by atoms with Gasteiger partial charge in [0.2, 0.25) is 15.9 Å². The number of nitrogens with zero attached hydrogens (tertiary/aromatic N) is 3. The summed E-state index contributed by atoms with van der Waals surface area (Å²) in [6.07, 6.45) is 0.750. The van der Waals surface area contributed by atoms with E-state index < -0.39 is 10.0 Å². The molecule has 0 fully saturated rings. The predicted octanol–water partition coefficient (Wildman–Crippen LogP) is 1.32. The van der Waals surface area contributed by atoms with Crippen LogP contribution >= 0.6 is 0 Å². The van der Waals surface area contributed by atoms with Crippen molar-refractivity contribution >= 4 is 27.0 Å². The Morgan fingerprint density at radius 2 is 1.93 bits per heavy atom. The van der Waals surface area contributed by atoms with E-state index in [0.29, 0.717) is 57.8 Å². The van der Waals surface area contributed by atoms with Gasteiger partial charge in [-0.2, -0.15) is 4.31 Å². The minimum Gasteiger partial charge on any atom is -0.382 e. The lowest BCUT2D eigenvalue weighted by Crippen LogP contribution is -2.30. The van der Waals surface area contributed by atoms with Gasteiger partial charge in [-0.25, -0.2) is 13.4 Å². The summed E-state index contributed by atoms with van der Waals surface area (Å²) >= 11 is 0. The van der Waals surface area contributed by atoms with Gasteiger partial charge >= 0.3 is 0 Å². The number of carbonyl (C=O) groups is 1. The summed E-state index contributed by atoms with van der Waals surface area (Å²) in [4.78, 5) is 16.8. The third-order valence-corrected chi connectivity index (χ3v) is 6.91. The van der Waals surface area contributed by atoms with Gasteiger partial charge in [0.1, 0.15) is 5.82 Å². The first kappa shape index (κ1) is 24.3. The maximum absolute atomic E-state index is 12.7. The number of aromatic nitrogens is 2. The second kappa shape index (κ2) is 11.4. The highest BCUT2D eigenvalue weighted by Crippen LogP contribution is 2.22. The number of hydrogen-bond donors (Lipinski definition) is 1. The average Bonchev–Trinajstić information content (AvgIpc) is 3.05. The monoisotopic (exact) mass is 440 g/mol. The molecule has 2 rings (SSSR count). The van der Waals surface area contributed by atoms with Crippen molar-refractivity contribution in [1.82, 2.24) is 19.2 Å². The number of fused-ring (bicyclic) bond motifs is 1. The highest BCUT2D eigenvalue weighted by molar-refractivity contribution is 7.89. The summed E-state index contributed by atoms with van der Waals surface area (Å²) in [6.45, 7) is 6.36. The molecule has 0 aliphatic heterocycles. The SMILES string of the molecule is CCN(CC)S(=O)(=O)c1ccc2c(c1)nc(CCC(=O)NCCOCCOC)n2C. The molecular formula is C20H32N4O5S. The smallest absolute Gasteiger partial charge is 0.243 e. The highest BCUT2D eigenvalue weighted by Gasteiger charge is 2.22. The van der Waals surface area contributed by atoms with Gasteiger partial charge < -0.3 is 19.4 Å². The second-order valence-electron chi connectivity index (χ2n) is 6.78. The van der Waals surface area contributed by atoms with Crippen LogP contribution in [0.25, 0.3) is 11.0 Å². The molecule has 1 heterocycles. The quantitative estimate of drug-likeness (QED) is 0.471. The molecule has 0 aliphatic rings. The van der Waals surface area contributed by atoms with E-state index in [4.69, 9.17) is 9.47 Å². The van der Waals surface area contributed by atoms with Crippen LogP contribution in [0.5, 0.6) is 0 Å². The molecule has 0 unspecified atom stereocenters. The Morgan fingerprint density at radius 3 is 2.60 bits per heavy atom. The van der Waals surface area contributed by atoms with Crippen LogP contribution in [-0.2, 0) is 37.8 Å². The number of methoxy groups -OCH3 is 1.